The number of carbonyl (C=O) groups excluding carboxylic acids is 2. The zero-order valence-corrected chi connectivity index (χ0v) is 21.6. The van der Waals surface area contributed by atoms with Gasteiger partial charge in [0.15, 0.2) is 11.5 Å². The number of likely N-dealkylation sites (tertiary alicyclic amines) is 1. The Morgan fingerprint density at radius 1 is 1.00 bits per heavy atom. The molecule has 1 fully saturated rings. The minimum atomic E-state index is -0.851. The molecule has 37 heavy (non-hydrogen) atoms. The Morgan fingerprint density at radius 2 is 1.70 bits per heavy atom. The third-order valence-corrected chi connectivity index (χ3v) is 6.57. The predicted octanol–water partition coefficient (Wildman–Crippen LogP) is 4.04. The average Bonchev–Trinajstić information content (AvgIpc) is 3.51. The van der Waals surface area contributed by atoms with E-state index in [-0.39, 0.29) is 17.9 Å². The molecule has 0 radical (unpaired) electrons. The van der Waals surface area contributed by atoms with Crippen molar-refractivity contribution in [1.29, 1.82) is 0 Å². The van der Waals surface area contributed by atoms with Gasteiger partial charge < -0.3 is 28.8 Å². The van der Waals surface area contributed by atoms with Gasteiger partial charge in [0, 0.05) is 31.0 Å². The molecule has 2 heterocycles. The van der Waals surface area contributed by atoms with Crippen LogP contribution in [0.5, 0.6) is 17.2 Å². The molecule has 194 valence electrons. The van der Waals surface area contributed by atoms with Crippen LogP contribution in [0.15, 0.2) is 54.6 Å². The van der Waals surface area contributed by atoms with Gasteiger partial charge in [0.05, 0.1) is 39.3 Å². The molecule has 0 bridgehead atoms. The van der Waals surface area contributed by atoms with Crippen LogP contribution in [0.1, 0.15) is 34.7 Å². The van der Waals surface area contributed by atoms with Crippen molar-refractivity contribution in [2.24, 2.45) is 0 Å². The Kier molecular flexibility index (Phi) is 7.52. The lowest BCUT2D eigenvalue weighted by Crippen LogP contribution is -2.31. The quantitative estimate of drug-likeness (QED) is 0.266. The smallest absolute Gasteiger partial charge is 0.295 e. The zero-order chi connectivity index (χ0) is 26.7. The highest BCUT2D eigenvalue weighted by Gasteiger charge is 2.46. The highest BCUT2D eigenvalue weighted by molar-refractivity contribution is 6.46. The van der Waals surface area contributed by atoms with Crippen molar-refractivity contribution < 1.29 is 28.9 Å². The Hall–Kier alpha value is -4.27. The Labute approximate surface area is 215 Å². The summed E-state index contributed by atoms with van der Waals surface area (Å²) >= 11 is 0. The first-order valence-corrected chi connectivity index (χ1v) is 11.9. The molecule has 1 atom stereocenters. The summed E-state index contributed by atoms with van der Waals surface area (Å²) in [5.41, 5.74) is 2.80. The lowest BCUT2D eigenvalue weighted by Gasteiger charge is -2.27. The van der Waals surface area contributed by atoms with E-state index in [1.807, 2.05) is 42.8 Å². The first kappa shape index (κ1) is 25.8. The maximum atomic E-state index is 13.4. The SMILES string of the molecule is COc1cc(C2/C(=C(\O)c3cc(C)ccc3C)C(=O)C(=O)N2CCCn2ccnc2)cc(OC)c1OC. The fourth-order valence-corrected chi connectivity index (χ4v) is 4.70. The lowest BCUT2D eigenvalue weighted by molar-refractivity contribution is -0.139. The van der Waals surface area contributed by atoms with Crippen LogP contribution in [0.2, 0.25) is 0 Å². The topological polar surface area (TPSA) is 103 Å². The Bertz CT molecular complexity index is 1320. The number of aryl methyl sites for hydroxylation is 3. The van der Waals surface area contributed by atoms with Gasteiger partial charge in [-0.3, -0.25) is 9.59 Å². The number of Topliss-reactive ketones (excluding diaryl/α,β-unsaturated/α-hetero) is 1. The second kappa shape index (κ2) is 10.8. The fourth-order valence-electron chi connectivity index (χ4n) is 4.70. The van der Waals surface area contributed by atoms with E-state index in [0.717, 1.165) is 11.1 Å². The molecule has 3 aromatic rings. The monoisotopic (exact) mass is 505 g/mol. The fraction of sp³-hybridized carbons (Fsp3) is 0.321. The van der Waals surface area contributed by atoms with E-state index in [4.69, 9.17) is 14.2 Å². The lowest BCUT2D eigenvalue weighted by atomic mass is 9.93. The van der Waals surface area contributed by atoms with Gasteiger partial charge in [0.2, 0.25) is 5.75 Å². The molecule has 1 aromatic heterocycles. The molecule has 0 spiro atoms. The largest absolute Gasteiger partial charge is 0.507 e. The number of benzene rings is 2. The summed E-state index contributed by atoms with van der Waals surface area (Å²) in [6.45, 7) is 4.65. The van der Waals surface area contributed by atoms with Crippen LogP contribution in [-0.2, 0) is 16.1 Å². The number of aromatic nitrogens is 2. The number of imidazole rings is 1. The van der Waals surface area contributed by atoms with Crippen LogP contribution < -0.4 is 14.2 Å². The van der Waals surface area contributed by atoms with Crippen LogP contribution >= 0.6 is 0 Å². The van der Waals surface area contributed by atoms with Crippen LogP contribution in [0.3, 0.4) is 0 Å². The minimum absolute atomic E-state index is 0.0237. The number of nitrogens with zero attached hydrogens (tertiary/aromatic N) is 3. The van der Waals surface area contributed by atoms with E-state index >= 15 is 0 Å². The van der Waals surface area contributed by atoms with Crippen LogP contribution in [0, 0.1) is 13.8 Å². The van der Waals surface area contributed by atoms with Gasteiger partial charge in [-0.15, -0.1) is 0 Å². The van der Waals surface area contributed by atoms with E-state index in [2.05, 4.69) is 4.98 Å². The van der Waals surface area contributed by atoms with Gasteiger partial charge in [-0.1, -0.05) is 17.7 Å². The van der Waals surface area contributed by atoms with Crippen molar-refractivity contribution in [3.63, 3.8) is 0 Å². The summed E-state index contributed by atoms with van der Waals surface area (Å²) in [5, 5.41) is 11.5. The number of hydrogen-bond acceptors (Lipinski definition) is 7. The zero-order valence-electron chi connectivity index (χ0n) is 21.6. The van der Waals surface area contributed by atoms with E-state index in [9.17, 15) is 14.7 Å². The molecule has 1 aliphatic rings. The molecule has 2 aromatic carbocycles. The van der Waals surface area contributed by atoms with Gasteiger partial charge >= 0.3 is 0 Å². The van der Waals surface area contributed by atoms with Crippen LogP contribution in [-0.4, -0.2) is 59.1 Å². The number of ether oxygens (including phenoxy) is 3. The molecule has 4 rings (SSSR count). The van der Waals surface area contributed by atoms with Gasteiger partial charge in [-0.25, -0.2) is 4.98 Å². The highest BCUT2D eigenvalue weighted by atomic mass is 16.5. The normalized spacial score (nSPS) is 16.8. The maximum Gasteiger partial charge on any atom is 0.295 e. The molecule has 0 saturated carbocycles. The highest BCUT2D eigenvalue weighted by Crippen LogP contribution is 2.46. The minimum Gasteiger partial charge on any atom is -0.507 e. The molecular formula is C28H31N3O6. The molecule has 9 heteroatoms. The molecule has 1 saturated heterocycles. The molecule has 1 amide bonds. The van der Waals surface area contributed by atoms with E-state index in [0.29, 0.717) is 41.3 Å². The van der Waals surface area contributed by atoms with Crippen LogP contribution in [0.4, 0.5) is 0 Å². The van der Waals surface area contributed by atoms with Crippen molar-refractivity contribution in [1.82, 2.24) is 14.5 Å². The van der Waals surface area contributed by atoms with Gasteiger partial charge in [-0.2, -0.15) is 0 Å². The van der Waals surface area contributed by atoms with Gasteiger partial charge in [0.25, 0.3) is 11.7 Å². The maximum absolute atomic E-state index is 13.4. The third kappa shape index (κ3) is 4.89. The molecular weight excluding hydrogens is 474 g/mol. The number of aliphatic hydroxyl groups excluding tert-OH is 1. The molecule has 1 N–H and O–H groups in total. The second-order valence-corrected chi connectivity index (χ2v) is 8.92. The van der Waals surface area contributed by atoms with Gasteiger partial charge in [0.1, 0.15) is 5.76 Å². The van der Waals surface area contributed by atoms with Crippen LogP contribution in [0.25, 0.3) is 5.76 Å². The summed E-state index contributed by atoms with van der Waals surface area (Å²) in [7, 11) is 4.50. The van der Waals surface area contributed by atoms with Crippen molar-refractivity contribution in [3.05, 3.63) is 76.9 Å². The van der Waals surface area contributed by atoms with Crippen molar-refractivity contribution in [2.45, 2.75) is 32.9 Å². The van der Waals surface area contributed by atoms with Gasteiger partial charge in [-0.05, 0) is 49.6 Å². The Balaban J connectivity index is 1.87. The summed E-state index contributed by atoms with van der Waals surface area (Å²) in [5.74, 6) is -0.466. The number of amides is 1. The number of carbonyl (C=O) groups is 2. The summed E-state index contributed by atoms with van der Waals surface area (Å²) < 4.78 is 18.4. The van der Waals surface area contributed by atoms with Crippen molar-refractivity contribution in [2.75, 3.05) is 27.9 Å². The summed E-state index contributed by atoms with van der Waals surface area (Å²) in [4.78, 5) is 32.3. The number of hydrogen-bond donors (Lipinski definition) is 1. The second-order valence-electron chi connectivity index (χ2n) is 8.92. The van der Waals surface area contributed by atoms with E-state index in [1.54, 1.807) is 24.7 Å². The summed E-state index contributed by atoms with van der Waals surface area (Å²) in [6.07, 6.45) is 5.80. The number of ketones is 1. The molecule has 0 aliphatic carbocycles. The van der Waals surface area contributed by atoms with Crippen molar-refractivity contribution >= 4 is 17.4 Å². The average molecular weight is 506 g/mol. The predicted molar refractivity (Wildman–Crippen MR) is 138 cm³/mol. The Morgan fingerprint density at radius 3 is 2.30 bits per heavy atom. The molecule has 1 aliphatic heterocycles. The standard InChI is InChI=1S/C28H31N3O6/c1-17-7-8-18(2)20(13-17)25(32)23-24(19-14-21(35-3)27(37-5)22(15-19)36-4)31(28(34)26(23)33)11-6-10-30-12-9-29-16-30/h7-9,12-16,24,32H,6,10-11H2,1-5H3/b25-23+. The summed E-state index contributed by atoms with van der Waals surface area (Å²) in [6, 6.07) is 8.17. The first-order valence-electron chi connectivity index (χ1n) is 11.9. The first-order chi connectivity index (χ1) is 17.8. The van der Waals surface area contributed by atoms with E-state index in [1.165, 1.54) is 26.2 Å². The number of methoxy groups -OCH3 is 3. The third-order valence-electron chi connectivity index (χ3n) is 6.57. The van der Waals surface area contributed by atoms with E-state index < -0.39 is 17.7 Å². The number of rotatable bonds is 9. The number of aliphatic hydroxyl groups is 1. The van der Waals surface area contributed by atoms with Crippen molar-refractivity contribution in [3.8, 4) is 17.2 Å². The molecule has 1 unspecified atom stereocenters. The molecule has 9 nitrogen and oxygen atoms in total.